The fourth-order valence-corrected chi connectivity index (χ4v) is 5.76. The van der Waals surface area contributed by atoms with E-state index in [2.05, 4.69) is 21.7 Å². The van der Waals surface area contributed by atoms with Crippen molar-refractivity contribution in [1.82, 2.24) is 10.6 Å². The molecule has 1 heterocycles. The molecular weight excluding hydrogens is 511 g/mol. The molecule has 1 aliphatic heterocycles. The third-order valence-corrected chi connectivity index (χ3v) is 8.53. The van der Waals surface area contributed by atoms with Gasteiger partial charge in [0.1, 0.15) is 11.6 Å². The zero-order chi connectivity index (χ0) is 29.4. The maximum Gasteiger partial charge on any atom is 0.241 e. The van der Waals surface area contributed by atoms with Gasteiger partial charge in [-0.15, -0.1) is 0 Å². The van der Waals surface area contributed by atoms with Crippen LogP contribution in [-0.2, 0) is 20.8 Å². The zero-order valence-corrected chi connectivity index (χ0v) is 23.9. The summed E-state index contributed by atoms with van der Waals surface area (Å²) >= 11 is 0. The van der Waals surface area contributed by atoms with E-state index in [0.29, 0.717) is 19.3 Å². The monoisotopic (exact) mass is 550 g/mol. The summed E-state index contributed by atoms with van der Waals surface area (Å²) in [5, 5.41) is 25.2. The molecule has 2 aliphatic carbocycles. The van der Waals surface area contributed by atoms with E-state index in [0.717, 1.165) is 28.8 Å². The first-order valence-electron chi connectivity index (χ1n) is 14.0. The third-order valence-electron chi connectivity index (χ3n) is 8.53. The van der Waals surface area contributed by atoms with Crippen LogP contribution in [0.4, 0.5) is 4.39 Å². The fourth-order valence-electron chi connectivity index (χ4n) is 5.76. The van der Waals surface area contributed by atoms with E-state index in [4.69, 9.17) is 0 Å². The molecule has 1 aromatic carbocycles. The van der Waals surface area contributed by atoms with Crippen LogP contribution >= 0.6 is 0 Å². The number of amides is 2. The van der Waals surface area contributed by atoms with Gasteiger partial charge in [0, 0.05) is 30.8 Å². The number of aryl methyl sites for hydroxylation is 1. The van der Waals surface area contributed by atoms with E-state index >= 15 is 4.39 Å². The first kappa shape index (κ1) is 29.6. The highest BCUT2D eigenvalue weighted by Gasteiger charge is 2.55. The summed E-state index contributed by atoms with van der Waals surface area (Å²) in [5.74, 6) is -4.11. The van der Waals surface area contributed by atoms with Crippen LogP contribution in [0.15, 0.2) is 28.9 Å². The molecule has 2 unspecified atom stereocenters. The van der Waals surface area contributed by atoms with Gasteiger partial charge in [-0.05, 0) is 67.2 Å². The predicted molar refractivity (Wildman–Crippen MR) is 150 cm³/mol. The summed E-state index contributed by atoms with van der Waals surface area (Å²) in [4.78, 5) is 44.0. The first-order chi connectivity index (χ1) is 18.8. The smallest absolute Gasteiger partial charge is 0.241 e. The van der Waals surface area contributed by atoms with Crippen molar-refractivity contribution in [2.75, 3.05) is 6.54 Å². The number of halogens is 1. The molecule has 8 nitrogen and oxygen atoms in total. The van der Waals surface area contributed by atoms with Crippen LogP contribution in [0.25, 0.3) is 5.57 Å². The molecule has 2 fully saturated rings. The van der Waals surface area contributed by atoms with Crippen molar-refractivity contribution >= 4 is 29.4 Å². The SMILES string of the molecule is CC1=C(c2ccc(CCNC(=O)[C@H]3C(C(=O)C(NC(=O)C4(C#N)CC4)C(C)(C)C)C[C@H](O)[C@@H]3F)c(C)c2)CC=N1. The number of aliphatic imine (C=N–C) groups is 1. The summed E-state index contributed by atoms with van der Waals surface area (Å²) in [6.45, 7) is 9.53. The van der Waals surface area contributed by atoms with Crippen LogP contribution in [0.3, 0.4) is 0 Å². The Balaban J connectivity index is 1.43. The average molecular weight is 551 g/mol. The number of rotatable bonds is 9. The number of nitriles is 1. The second-order valence-electron chi connectivity index (χ2n) is 12.5. The van der Waals surface area contributed by atoms with Crippen molar-refractivity contribution in [3.05, 3.63) is 40.6 Å². The van der Waals surface area contributed by atoms with Gasteiger partial charge in [-0.2, -0.15) is 5.26 Å². The summed E-state index contributed by atoms with van der Waals surface area (Å²) in [6.07, 6.45) is 0.511. The molecule has 0 spiro atoms. The largest absolute Gasteiger partial charge is 0.390 e. The number of carbonyl (C=O) groups excluding carboxylic acids is 3. The topological polar surface area (TPSA) is 132 Å². The van der Waals surface area contributed by atoms with Gasteiger partial charge in [-0.3, -0.25) is 19.4 Å². The van der Waals surface area contributed by atoms with E-state index in [1.54, 1.807) is 20.8 Å². The Morgan fingerprint density at radius 1 is 1.25 bits per heavy atom. The van der Waals surface area contributed by atoms with E-state index in [1.807, 2.05) is 38.3 Å². The van der Waals surface area contributed by atoms with Crippen LogP contribution in [0.1, 0.15) is 70.1 Å². The van der Waals surface area contributed by atoms with Crippen LogP contribution in [0, 0.1) is 40.9 Å². The Bertz CT molecular complexity index is 1300. The van der Waals surface area contributed by atoms with E-state index in [1.165, 1.54) is 5.57 Å². The zero-order valence-electron chi connectivity index (χ0n) is 23.9. The quantitative estimate of drug-likeness (QED) is 0.432. The number of alkyl halides is 1. The Kier molecular flexibility index (Phi) is 8.32. The second-order valence-corrected chi connectivity index (χ2v) is 12.5. The Morgan fingerprint density at radius 2 is 1.95 bits per heavy atom. The minimum atomic E-state index is -1.90. The first-order valence-corrected chi connectivity index (χ1v) is 14.0. The molecule has 3 aliphatic rings. The molecule has 2 saturated carbocycles. The van der Waals surface area contributed by atoms with Crippen LogP contribution in [-0.4, -0.2) is 53.8 Å². The molecule has 40 heavy (non-hydrogen) atoms. The standard InChI is InChI=1S/C31H39FN4O4/c1-17-14-20(21-9-13-34-18(21)2)7-6-19(17)8-12-35-28(39)24-22(15-23(37)25(24)32)26(38)27(30(3,4)5)36-29(40)31(16-33)10-11-31/h6-7,13-14,22-25,27,37H,8-12,15H2,1-5H3,(H,35,39)(H,36,40)/t22?,23-,24-,25-,27?/m0/s1. The third kappa shape index (κ3) is 5.87. The maximum atomic E-state index is 15.1. The van der Waals surface area contributed by atoms with Gasteiger partial charge in [-0.1, -0.05) is 39.0 Å². The van der Waals surface area contributed by atoms with Crippen molar-refractivity contribution in [2.24, 2.45) is 27.7 Å². The highest BCUT2D eigenvalue weighted by molar-refractivity contribution is 5.97. The van der Waals surface area contributed by atoms with Gasteiger partial charge in [0.05, 0.1) is 24.1 Å². The Labute approximate surface area is 235 Å². The Hall–Kier alpha value is -3.38. The van der Waals surface area contributed by atoms with Gasteiger partial charge < -0.3 is 15.7 Å². The molecule has 3 N–H and O–H groups in total. The van der Waals surface area contributed by atoms with Gasteiger partial charge in [0.15, 0.2) is 5.78 Å². The minimum absolute atomic E-state index is 0.205. The number of hydrogen-bond donors (Lipinski definition) is 3. The number of Topliss-reactive ketones (excluding diaryl/α,β-unsaturated/α-hetero) is 1. The van der Waals surface area contributed by atoms with Crippen molar-refractivity contribution in [2.45, 2.75) is 85.0 Å². The highest BCUT2D eigenvalue weighted by Crippen LogP contribution is 2.46. The molecule has 2 amide bonds. The van der Waals surface area contributed by atoms with Gasteiger partial charge in [0.25, 0.3) is 0 Å². The summed E-state index contributed by atoms with van der Waals surface area (Å²) in [5.41, 5.74) is 3.55. The fraction of sp³-hybridized carbons (Fsp3) is 0.581. The number of benzene rings is 1. The van der Waals surface area contributed by atoms with E-state index in [-0.39, 0.29) is 13.0 Å². The summed E-state index contributed by atoms with van der Waals surface area (Å²) in [7, 11) is 0. The molecule has 0 saturated heterocycles. The lowest BCUT2D eigenvalue weighted by molar-refractivity contribution is -0.138. The van der Waals surface area contributed by atoms with Crippen LogP contribution in [0.2, 0.25) is 0 Å². The number of hydrogen-bond acceptors (Lipinski definition) is 6. The minimum Gasteiger partial charge on any atom is -0.390 e. The van der Waals surface area contributed by atoms with Crippen LogP contribution < -0.4 is 10.6 Å². The second kappa shape index (κ2) is 11.2. The van der Waals surface area contributed by atoms with Gasteiger partial charge >= 0.3 is 0 Å². The predicted octanol–water partition coefficient (Wildman–Crippen LogP) is 3.60. The molecule has 9 heteroatoms. The van der Waals surface area contributed by atoms with Crippen LogP contribution in [0.5, 0.6) is 0 Å². The lowest BCUT2D eigenvalue weighted by Gasteiger charge is -2.34. The number of nitrogens with zero attached hydrogens (tertiary/aromatic N) is 2. The summed E-state index contributed by atoms with van der Waals surface area (Å²) in [6, 6.07) is 7.15. The molecule has 0 bridgehead atoms. The van der Waals surface area contributed by atoms with Crippen molar-refractivity contribution in [1.29, 1.82) is 5.26 Å². The van der Waals surface area contributed by atoms with E-state index in [9.17, 15) is 24.8 Å². The molecule has 214 valence electrons. The number of ketones is 1. The summed E-state index contributed by atoms with van der Waals surface area (Å²) < 4.78 is 15.1. The molecule has 5 atom stereocenters. The van der Waals surface area contributed by atoms with Crippen molar-refractivity contribution < 1.29 is 23.9 Å². The number of aliphatic hydroxyl groups excluding tert-OH is 1. The Morgan fingerprint density at radius 3 is 2.50 bits per heavy atom. The molecule has 1 aromatic rings. The molecule has 0 radical (unpaired) electrons. The lowest BCUT2D eigenvalue weighted by atomic mass is 9.77. The lowest BCUT2D eigenvalue weighted by Crippen LogP contribution is -2.54. The maximum absolute atomic E-state index is 15.1. The van der Waals surface area contributed by atoms with E-state index < -0.39 is 58.6 Å². The van der Waals surface area contributed by atoms with Gasteiger partial charge in [-0.25, -0.2) is 4.39 Å². The number of nitrogens with one attached hydrogen (secondary N) is 2. The van der Waals surface area contributed by atoms with Crippen molar-refractivity contribution in [3.63, 3.8) is 0 Å². The molecule has 4 rings (SSSR count). The number of carbonyl (C=O) groups is 3. The highest BCUT2D eigenvalue weighted by atomic mass is 19.1. The average Bonchev–Trinajstić information content (AvgIpc) is 3.50. The number of allylic oxidation sites excluding steroid dienone is 2. The number of aliphatic hydroxyl groups is 1. The van der Waals surface area contributed by atoms with Gasteiger partial charge in [0.2, 0.25) is 11.8 Å². The normalized spacial score (nSPS) is 25.9. The molecule has 0 aromatic heterocycles. The van der Waals surface area contributed by atoms with Crippen molar-refractivity contribution in [3.8, 4) is 6.07 Å². The molecular formula is C31H39FN4O4.